The lowest BCUT2D eigenvalue weighted by molar-refractivity contribution is -0.150. The van der Waals surface area contributed by atoms with E-state index in [1.165, 1.54) is 0 Å². The molecule has 0 N–H and O–H groups in total. The first-order valence-corrected chi connectivity index (χ1v) is 7.08. The van der Waals surface area contributed by atoms with E-state index in [1.807, 2.05) is 0 Å². The number of hydrogen-bond acceptors (Lipinski definition) is 2. The SMILES string of the molecule is CCCCOC(=O)C(CC)C(P)(CC)CC. The molecule has 2 nitrogen and oxygen atoms in total. The van der Waals surface area contributed by atoms with Crippen LogP contribution in [0.15, 0.2) is 0 Å². The molecule has 0 aromatic rings. The molecule has 0 rings (SSSR count). The van der Waals surface area contributed by atoms with E-state index in [0.29, 0.717) is 6.61 Å². The summed E-state index contributed by atoms with van der Waals surface area (Å²) in [6.07, 6.45) is 4.88. The first kappa shape index (κ1) is 15.9. The Kier molecular flexibility index (Phi) is 8.01. The van der Waals surface area contributed by atoms with Crippen molar-refractivity contribution in [2.24, 2.45) is 5.92 Å². The lowest BCUT2D eigenvalue weighted by Crippen LogP contribution is -2.36. The second-order valence-electron chi connectivity index (χ2n) is 4.42. The van der Waals surface area contributed by atoms with E-state index < -0.39 is 0 Å². The second-order valence-corrected chi connectivity index (χ2v) is 5.57. The highest BCUT2D eigenvalue weighted by Gasteiger charge is 2.36. The summed E-state index contributed by atoms with van der Waals surface area (Å²) in [7, 11) is 2.87. The van der Waals surface area contributed by atoms with Crippen LogP contribution in [0.3, 0.4) is 0 Å². The Labute approximate surface area is 103 Å². The highest BCUT2D eigenvalue weighted by Crippen LogP contribution is 2.37. The third-order valence-corrected chi connectivity index (χ3v) is 4.66. The van der Waals surface area contributed by atoms with Crippen LogP contribution in [0.2, 0.25) is 0 Å². The molecule has 2 unspecified atom stereocenters. The van der Waals surface area contributed by atoms with E-state index in [0.717, 1.165) is 32.1 Å². The van der Waals surface area contributed by atoms with Crippen molar-refractivity contribution in [3.8, 4) is 0 Å². The van der Waals surface area contributed by atoms with Crippen LogP contribution in [0.25, 0.3) is 0 Å². The first-order chi connectivity index (χ1) is 7.55. The highest BCUT2D eigenvalue weighted by atomic mass is 31.0. The molecule has 0 heterocycles. The fourth-order valence-corrected chi connectivity index (χ4v) is 2.34. The van der Waals surface area contributed by atoms with Crippen molar-refractivity contribution < 1.29 is 9.53 Å². The van der Waals surface area contributed by atoms with Gasteiger partial charge in [-0.3, -0.25) is 4.79 Å². The molecular weight excluding hydrogens is 219 g/mol. The molecule has 0 spiro atoms. The topological polar surface area (TPSA) is 26.3 Å². The van der Waals surface area contributed by atoms with Gasteiger partial charge in [-0.15, -0.1) is 9.24 Å². The molecule has 2 atom stereocenters. The van der Waals surface area contributed by atoms with Crippen LogP contribution in [-0.2, 0) is 9.53 Å². The summed E-state index contributed by atoms with van der Waals surface area (Å²) in [4.78, 5) is 12.0. The van der Waals surface area contributed by atoms with Crippen molar-refractivity contribution in [3.63, 3.8) is 0 Å². The Bertz CT molecular complexity index is 200. The predicted octanol–water partition coefficient (Wildman–Crippen LogP) is 3.79. The van der Waals surface area contributed by atoms with Gasteiger partial charge in [-0.2, -0.15) is 0 Å². The lowest BCUT2D eigenvalue weighted by atomic mass is 9.85. The van der Waals surface area contributed by atoms with Crippen LogP contribution < -0.4 is 0 Å². The Morgan fingerprint density at radius 2 is 1.81 bits per heavy atom. The van der Waals surface area contributed by atoms with Gasteiger partial charge in [0, 0.05) is 0 Å². The minimum Gasteiger partial charge on any atom is -0.465 e. The molecule has 3 heteroatoms. The zero-order chi connectivity index (χ0) is 12.6. The van der Waals surface area contributed by atoms with Gasteiger partial charge in [0.05, 0.1) is 12.5 Å². The molecule has 0 bridgehead atoms. The molecular formula is C13H27O2P. The average molecular weight is 246 g/mol. The van der Waals surface area contributed by atoms with Crippen LogP contribution in [-0.4, -0.2) is 17.7 Å². The van der Waals surface area contributed by atoms with Crippen molar-refractivity contribution in [2.75, 3.05) is 6.61 Å². The van der Waals surface area contributed by atoms with Crippen molar-refractivity contribution in [3.05, 3.63) is 0 Å². The molecule has 0 saturated heterocycles. The Morgan fingerprint density at radius 1 is 1.25 bits per heavy atom. The van der Waals surface area contributed by atoms with Gasteiger partial charge in [-0.1, -0.05) is 34.1 Å². The van der Waals surface area contributed by atoms with E-state index >= 15 is 0 Å². The number of carbonyl (C=O) groups excluding carboxylic acids is 1. The first-order valence-electron chi connectivity index (χ1n) is 6.51. The molecule has 96 valence electrons. The molecule has 0 fully saturated rings. The summed E-state index contributed by atoms with van der Waals surface area (Å²) in [5.41, 5.74) is 0. The smallest absolute Gasteiger partial charge is 0.309 e. The van der Waals surface area contributed by atoms with Gasteiger partial charge in [-0.25, -0.2) is 0 Å². The van der Waals surface area contributed by atoms with Gasteiger partial charge in [0.2, 0.25) is 0 Å². The van der Waals surface area contributed by atoms with Crippen molar-refractivity contribution in [1.29, 1.82) is 0 Å². The van der Waals surface area contributed by atoms with E-state index in [-0.39, 0.29) is 17.0 Å². The number of unbranched alkanes of at least 4 members (excludes halogenated alkanes) is 1. The molecule has 16 heavy (non-hydrogen) atoms. The minimum absolute atomic E-state index is 0.0120. The molecule has 0 amide bonds. The van der Waals surface area contributed by atoms with Gasteiger partial charge < -0.3 is 4.74 Å². The quantitative estimate of drug-likeness (QED) is 0.370. The average Bonchev–Trinajstić information content (AvgIpc) is 2.30. The summed E-state index contributed by atoms with van der Waals surface area (Å²) >= 11 is 0. The number of carbonyl (C=O) groups is 1. The summed E-state index contributed by atoms with van der Waals surface area (Å²) in [5.74, 6) is -0.000920. The molecule has 0 aliphatic rings. The largest absolute Gasteiger partial charge is 0.465 e. The standard InChI is InChI=1S/C13H27O2P/c1-5-9-10-15-12(14)11(6-2)13(16,7-3)8-4/h11H,5-10,16H2,1-4H3. The maximum atomic E-state index is 12.0. The minimum atomic E-state index is -0.0188. The number of esters is 1. The Balaban J connectivity index is 4.41. The fraction of sp³-hybridized carbons (Fsp3) is 0.923. The lowest BCUT2D eigenvalue weighted by Gasteiger charge is -2.33. The molecule has 0 aliphatic heterocycles. The van der Waals surface area contributed by atoms with Crippen LogP contribution in [0.5, 0.6) is 0 Å². The van der Waals surface area contributed by atoms with Gasteiger partial charge in [0.25, 0.3) is 0 Å². The number of ether oxygens (including phenoxy) is 1. The van der Waals surface area contributed by atoms with Crippen molar-refractivity contribution in [1.82, 2.24) is 0 Å². The highest BCUT2D eigenvalue weighted by molar-refractivity contribution is 7.19. The van der Waals surface area contributed by atoms with Crippen molar-refractivity contribution in [2.45, 2.75) is 65.0 Å². The van der Waals surface area contributed by atoms with Crippen LogP contribution >= 0.6 is 9.24 Å². The van der Waals surface area contributed by atoms with E-state index in [1.54, 1.807) is 0 Å². The fourth-order valence-electron chi connectivity index (χ4n) is 1.97. The zero-order valence-corrected chi connectivity index (χ0v) is 12.4. The van der Waals surface area contributed by atoms with Gasteiger partial charge in [0.1, 0.15) is 0 Å². The molecule has 0 radical (unpaired) electrons. The van der Waals surface area contributed by atoms with Crippen LogP contribution in [0.4, 0.5) is 0 Å². The summed E-state index contributed by atoms with van der Waals surface area (Å²) in [6.45, 7) is 9.01. The second kappa shape index (κ2) is 8.06. The summed E-state index contributed by atoms with van der Waals surface area (Å²) in [6, 6.07) is 0. The summed E-state index contributed by atoms with van der Waals surface area (Å²) < 4.78 is 5.33. The normalized spacial score (nSPS) is 13.6. The van der Waals surface area contributed by atoms with E-state index in [9.17, 15) is 4.79 Å². The number of hydrogen-bond donors (Lipinski definition) is 0. The summed E-state index contributed by atoms with van der Waals surface area (Å²) in [5, 5.41) is 0.0120. The van der Waals surface area contributed by atoms with Gasteiger partial charge in [-0.05, 0) is 30.8 Å². The van der Waals surface area contributed by atoms with E-state index in [4.69, 9.17) is 4.74 Å². The maximum absolute atomic E-state index is 12.0. The van der Waals surface area contributed by atoms with Gasteiger partial charge in [0.15, 0.2) is 0 Å². The van der Waals surface area contributed by atoms with Crippen LogP contribution in [0.1, 0.15) is 59.8 Å². The molecule has 0 aromatic heterocycles. The van der Waals surface area contributed by atoms with Gasteiger partial charge >= 0.3 is 5.97 Å². The predicted molar refractivity (Wildman–Crippen MR) is 72.7 cm³/mol. The molecule has 0 aliphatic carbocycles. The third-order valence-electron chi connectivity index (χ3n) is 3.45. The molecule has 0 aromatic carbocycles. The monoisotopic (exact) mass is 246 g/mol. The third kappa shape index (κ3) is 4.41. The van der Waals surface area contributed by atoms with Crippen molar-refractivity contribution >= 4 is 15.2 Å². The van der Waals surface area contributed by atoms with Crippen LogP contribution in [0, 0.1) is 5.92 Å². The molecule has 0 saturated carbocycles. The number of rotatable bonds is 8. The zero-order valence-electron chi connectivity index (χ0n) is 11.2. The Morgan fingerprint density at radius 3 is 2.19 bits per heavy atom. The van der Waals surface area contributed by atoms with E-state index in [2.05, 4.69) is 36.9 Å². The maximum Gasteiger partial charge on any atom is 0.309 e. The Hall–Kier alpha value is -0.100.